The Kier molecular flexibility index (Phi) is 6.74. The highest BCUT2D eigenvalue weighted by molar-refractivity contribution is 6.33. The van der Waals surface area contributed by atoms with Gasteiger partial charge in [-0.15, -0.1) is 5.10 Å². The number of rotatable bonds is 8. The summed E-state index contributed by atoms with van der Waals surface area (Å²) in [6.07, 6.45) is 4.83. The Bertz CT molecular complexity index is 696. The lowest BCUT2D eigenvalue weighted by Crippen LogP contribution is -2.08. The molecule has 2 aromatic rings. The summed E-state index contributed by atoms with van der Waals surface area (Å²) in [4.78, 5) is 15.9. The molecule has 0 atom stereocenters. The SMILES string of the molecule is CCCCCNc1nncc(Nc2cc(C(=O)OC)ccc2Cl)n1. The number of hydrogen-bond donors (Lipinski definition) is 2. The molecule has 0 fully saturated rings. The maximum Gasteiger partial charge on any atom is 0.337 e. The number of unbranched alkanes of at least 4 members (excludes halogenated alkanes) is 2. The number of methoxy groups -OCH3 is 1. The largest absolute Gasteiger partial charge is 0.465 e. The van der Waals surface area contributed by atoms with Crippen molar-refractivity contribution >= 4 is 35.0 Å². The zero-order valence-corrected chi connectivity index (χ0v) is 14.4. The Balaban J connectivity index is 2.09. The molecule has 1 aromatic carbocycles. The third kappa shape index (κ3) is 5.06. The summed E-state index contributed by atoms with van der Waals surface area (Å²) >= 11 is 6.16. The van der Waals surface area contributed by atoms with Gasteiger partial charge >= 0.3 is 5.97 Å². The Labute approximate surface area is 145 Å². The Morgan fingerprint density at radius 2 is 2.17 bits per heavy atom. The monoisotopic (exact) mass is 349 g/mol. The number of halogens is 1. The van der Waals surface area contributed by atoms with Crippen LogP contribution in [0, 0.1) is 0 Å². The number of hydrogen-bond acceptors (Lipinski definition) is 7. The van der Waals surface area contributed by atoms with E-state index in [9.17, 15) is 4.79 Å². The van der Waals surface area contributed by atoms with Crippen LogP contribution in [0.1, 0.15) is 36.5 Å². The van der Waals surface area contributed by atoms with Crippen LogP contribution in [-0.2, 0) is 4.74 Å². The van der Waals surface area contributed by atoms with Crippen LogP contribution < -0.4 is 10.6 Å². The molecular formula is C16H20ClN5O2. The third-order valence-electron chi connectivity index (χ3n) is 3.27. The van der Waals surface area contributed by atoms with E-state index in [1.54, 1.807) is 18.2 Å². The molecule has 0 aliphatic rings. The van der Waals surface area contributed by atoms with Gasteiger partial charge in [0.15, 0.2) is 5.82 Å². The number of anilines is 3. The minimum absolute atomic E-state index is 0.393. The normalized spacial score (nSPS) is 10.3. The number of carbonyl (C=O) groups excluding carboxylic acids is 1. The van der Waals surface area contributed by atoms with Crippen LogP contribution in [0.4, 0.5) is 17.5 Å². The predicted octanol–water partition coefficient (Wildman–Crippen LogP) is 3.66. The average molecular weight is 350 g/mol. The molecule has 2 N–H and O–H groups in total. The zero-order valence-electron chi connectivity index (χ0n) is 13.7. The molecule has 0 spiro atoms. The molecule has 128 valence electrons. The smallest absolute Gasteiger partial charge is 0.337 e. The molecule has 8 heteroatoms. The van der Waals surface area contributed by atoms with Gasteiger partial charge in [-0.1, -0.05) is 31.4 Å². The summed E-state index contributed by atoms with van der Waals surface area (Å²) in [6.45, 7) is 2.94. The van der Waals surface area contributed by atoms with E-state index in [2.05, 4.69) is 32.7 Å². The second kappa shape index (κ2) is 9.02. The van der Waals surface area contributed by atoms with Crippen LogP contribution in [0.5, 0.6) is 0 Å². The van der Waals surface area contributed by atoms with Gasteiger partial charge in [0, 0.05) is 6.54 Å². The van der Waals surface area contributed by atoms with E-state index < -0.39 is 5.97 Å². The second-order valence-electron chi connectivity index (χ2n) is 5.11. The highest BCUT2D eigenvalue weighted by Gasteiger charge is 2.10. The molecule has 0 aliphatic heterocycles. The summed E-state index contributed by atoms with van der Waals surface area (Å²) in [5.41, 5.74) is 0.932. The number of esters is 1. The number of benzene rings is 1. The summed E-state index contributed by atoms with van der Waals surface area (Å²) in [5.74, 6) is 0.483. The molecule has 0 radical (unpaired) electrons. The number of ether oxygens (including phenoxy) is 1. The van der Waals surface area contributed by atoms with Crippen molar-refractivity contribution in [2.45, 2.75) is 26.2 Å². The van der Waals surface area contributed by atoms with Crippen LogP contribution in [0.3, 0.4) is 0 Å². The summed E-state index contributed by atoms with van der Waals surface area (Å²) < 4.78 is 4.71. The van der Waals surface area contributed by atoms with Crippen LogP contribution in [-0.4, -0.2) is 34.8 Å². The summed E-state index contributed by atoms with van der Waals surface area (Å²) in [5, 5.41) is 14.5. The molecular weight excluding hydrogens is 330 g/mol. The molecule has 0 aliphatic carbocycles. The van der Waals surface area contributed by atoms with Gasteiger partial charge in [0.1, 0.15) is 0 Å². The van der Waals surface area contributed by atoms with Crippen molar-refractivity contribution in [3.05, 3.63) is 35.0 Å². The van der Waals surface area contributed by atoms with Gasteiger partial charge in [0.05, 0.1) is 29.6 Å². The van der Waals surface area contributed by atoms with Crippen molar-refractivity contribution in [2.24, 2.45) is 0 Å². The van der Waals surface area contributed by atoms with Gasteiger partial charge in [-0.2, -0.15) is 10.1 Å². The van der Waals surface area contributed by atoms with Crippen molar-refractivity contribution in [3.8, 4) is 0 Å². The minimum atomic E-state index is -0.436. The molecule has 7 nitrogen and oxygen atoms in total. The van der Waals surface area contributed by atoms with Crippen LogP contribution >= 0.6 is 11.6 Å². The lowest BCUT2D eigenvalue weighted by atomic mass is 10.2. The van der Waals surface area contributed by atoms with Gasteiger partial charge in [-0.25, -0.2) is 4.79 Å². The maximum absolute atomic E-state index is 11.6. The van der Waals surface area contributed by atoms with Crippen LogP contribution in [0.25, 0.3) is 0 Å². The Morgan fingerprint density at radius 3 is 2.92 bits per heavy atom. The van der Waals surface area contributed by atoms with Crippen molar-refractivity contribution in [1.29, 1.82) is 0 Å². The van der Waals surface area contributed by atoms with E-state index in [1.807, 2.05) is 0 Å². The molecule has 0 saturated carbocycles. The fourth-order valence-electron chi connectivity index (χ4n) is 2.02. The number of nitrogens with one attached hydrogen (secondary N) is 2. The van der Waals surface area contributed by atoms with E-state index in [-0.39, 0.29) is 0 Å². The maximum atomic E-state index is 11.6. The second-order valence-corrected chi connectivity index (χ2v) is 5.52. The number of nitrogens with zero attached hydrogens (tertiary/aromatic N) is 3. The first-order valence-electron chi connectivity index (χ1n) is 7.72. The van der Waals surface area contributed by atoms with Gasteiger partial charge in [-0.05, 0) is 24.6 Å². The van der Waals surface area contributed by atoms with Crippen molar-refractivity contribution < 1.29 is 9.53 Å². The number of carbonyl (C=O) groups is 1. The fourth-order valence-corrected chi connectivity index (χ4v) is 2.18. The molecule has 1 aromatic heterocycles. The molecule has 0 unspecified atom stereocenters. The summed E-state index contributed by atoms with van der Waals surface area (Å²) in [7, 11) is 1.33. The van der Waals surface area contributed by atoms with Gasteiger partial charge in [0.25, 0.3) is 0 Å². The highest BCUT2D eigenvalue weighted by atomic mass is 35.5. The highest BCUT2D eigenvalue weighted by Crippen LogP contribution is 2.26. The zero-order chi connectivity index (χ0) is 17.4. The van der Waals surface area contributed by atoms with Crippen LogP contribution in [0.2, 0.25) is 5.02 Å². The minimum Gasteiger partial charge on any atom is -0.465 e. The standard InChI is InChI=1S/C16H20ClN5O2/c1-3-4-5-8-18-16-21-14(10-19-22-16)20-13-9-11(15(23)24-2)6-7-12(13)17/h6-7,9-10H,3-5,8H2,1-2H3,(H2,18,20,21,22). The first kappa shape index (κ1) is 17.9. The molecule has 24 heavy (non-hydrogen) atoms. The molecule has 0 saturated heterocycles. The number of aromatic nitrogens is 3. The lowest BCUT2D eigenvalue weighted by Gasteiger charge is -2.10. The molecule has 1 heterocycles. The molecule has 0 amide bonds. The van der Waals surface area contributed by atoms with Crippen molar-refractivity contribution in [2.75, 3.05) is 24.3 Å². The van der Waals surface area contributed by atoms with E-state index in [0.29, 0.717) is 28.0 Å². The topological polar surface area (TPSA) is 89.0 Å². The Hall–Kier alpha value is -2.41. The van der Waals surface area contributed by atoms with E-state index in [1.165, 1.54) is 13.3 Å². The van der Waals surface area contributed by atoms with E-state index in [0.717, 1.165) is 25.8 Å². The first-order valence-corrected chi connectivity index (χ1v) is 8.10. The first-order chi connectivity index (χ1) is 11.6. The average Bonchev–Trinajstić information content (AvgIpc) is 2.60. The summed E-state index contributed by atoms with van der Waals surface area (Å²) in [6, 6.07) is 4.82. The predicted molar refractivity (Wildman–Crippen MR) is 93.9 cm³/mol. The molecule has 2 rings (SSSR count). The van der Waals surface area contributed by atoms with Crippen molar-refractivity contribution in [1.82, 2.24) is 15.2 Å². The van der Waals surface area contributed by atoms with Gasteiger partial charge in [-0.3, -0.25) is 0 Å². The van der Waals surface area contributed by atoms with E-state index in [4.69, 9.17) is 16.3 Å². The fraction of sp³-hybridized carbons (Fsp3) is 0.375. The quantitative estimate of drug-likeness (QED) is 0.555. The van der Waals surface area contributed by atoms with Gasteiger partial charge < -0.3 is 15.4 Å². The lowest BCUT2D eigenvalue weighted by molar-refractivity contribution is 0.0601. The van der Waals surface area contributed by atoms with Crippen molar-refractivity contribution in [3.63, 3.8) is 0 Å². The molecule has 0 bridgehead atoms. The van der Waals surface area contributed by atoms with E-state index >= 15 is 0 Å². The van der Waals surface area contributed by atoms with Crippen LogP contribution in [0.15, 0.2) is 24.4 Å². The third-order valence-corrected chi connectivity index (χ3v) is 3.60. The van der Waals surface area contributed by atoms with Gasteiger partial charge in [0.2, 0.25) is 5.95 Å². The Morgan fingerprint density at radius 1 is 1.33 bits per heavy atom.